The lowest BCUT2D eigenvalue weighted by molar-refractivity contribution is -0.117. The average Bonchev–Trinajstić information content (AvgIpc) is 2.46. The molecule has 0 radical (unpaired) electrons. The first-order chi connectivity index (χ1) is 10.9. The number of imide groups is 1. The van der Waals surface area contributed by atoms with Gasteiger partial charge in [0.2, 0.25) is 5.91 Å². The van der Waals surface area contributed by atoms with Crippen molar-refractivity contribution in [3.05, 3.63) is 6.07 Å². The van der Waals surface area contributed by atoms with Crippen molar-refractivity contribution in [1.82, 2.24) is 20.6 Å². The number of amides is 3. The van der Waals surface area contributed by atoms with Gasteiger partial charge in [0.05, 0.1) is 5.75 Å². The number of nitrogen functional groups attached to an aromatic ring is 2. The number of nitrogens with zero attached hydrogens (tertiary/aromatic N) is 2. The molecule has 1 aliphatic carbocycles. The summed E-state index contributed by atoms with van der Waals surface area (Å²) in [5.74, 6) is 0.508. The van der Waals surface area contributed by atoms with Crippen molar-refractivity contribution >= 4 is 35.3 Å². The van der Waals surface area contributed by atoms with Gasteiger partial charge in [-0.15, -0.1) is 0 Å². The van der Waals surface area contributed by atoms with Gasteiger partial charge in [0, 0.05) is 12.1 Å². The fraction of sp³-hybridized carbons (Fsp3) is 0.571. The summed E-state index contributed by atoms with van der Waals surface area (Å²) in [5, 5.41) is 5.49. The van der Waals surface area contributed by atoms with Crippen molar-refractivity contribution in [2.75, 3.05) is 17.2 Å². The Morgan fingerprint density at radius 1 is 1.26 bits per heavy atom. The minimum Gasteiger partial charge on any atom is -0.383 e. The Labute approximate surface area is 139 Å². The molecule has 6 N–H and O–H groups in total. The molecule has 1 heterocycles. The Balaban J connectivity index is 1.76. The molecule has 0 unspecified atom stereocenters. The topological polar surface area (TPSA) is 136 Å². The van der Waals surface area contributed by atoms with Gasteiger partial charge in [-0.2, -0.15) is 0 Å². The van der Waals surface area contributed by atoms with E-state index in [0.717, 1.165) is 31.0 Å². The minimum absolute atomic E-state index is 0.0104. The normalized spacial score (nSPS) is 20.7. The maximum absolute atomic E-state index is 11.9. The van der Waals surface area contributed by atoms with Crippen LogP contribution in [0.5, 0.6) is 0 Å². The standard InChI is InChI=1S/C14H22N6O2S/c1-8-4-2-3-5-9(8)17-13(22)20-12(21)7-23-14-18-10(15)6-11(16)19-14/h6,8-9H,2-5,7H2,1H3,(H4,15,16,18,19)(H2,17,20,21,22)/t8-,9-/m1/s1. The molecule has 8 nitrogen and oxygen atoms in total. The summed E-state index contributed by atoms with van der Waals surface area (Å²) in [7, 11) is 0. The molecule has 23 heavy (non-hydrogen) atoms. The fourth-order valence-corrected chi connectivity index (χ4v) is 3.23. The van der Waals surface area contributed by atoms with Crippen molar-refractivity contribution in [3.63, 3.8) is 0 Å². The van der Waals surface area contributed by atoms with Gasteiger partial charge in [-0.1, -0.05) is 31.5 Å². The number of hydrogen-bond acceptors (Lipinski definition) is 7. The van der Waals surface area contributed by atoms with Gasteiger partial charge < -0.3 is 16.8 Å². The highest BCUT2D eigenvalue weighted by molar-refractivity contribution is 7.99. The van der Waals surface area contributed by atoms with E-state index in [1.54, 1.807) is 0 Å². The molecule has 0 spiro atoms. The predicted molar refractivity (Wildman–Crippen MR) is 89.7 cm³/mol. The molecule has 1 aromatic rings. The lowest BCUT2D eigenvalue weighted by atomic mass is 9.86. The number of carbonyl (C=O) groups excluding carboxylic acids is 2. The van der Waals surface area contributed by atoms with E-state index in [-0.39, 0.29) is 23.4 Å². The third-order valence-electron chi connectivity index (χ3n) is 3.76. The monoisotopic (exact) mass is 338 g/mol. The molecule has 126 valence electrons. The highest BCUT2D eigenvalue weighted by Crippen LogP contribution is 2.23. The van der Waals surface area contributed by atoms with Crippen LogP contribution in [-0.2, 0) is 4.79 Å². The summed E-state index contributed by atoms with van der Waals surface area (Å²) < 4.78 is 0. The smallest absolute Gasteiger partial charge is 0.321 e. The van der Waals surface area contributed by atoms with Crippen LogP contribution in [0.4, 0.5) is 16.4 Å². The van der Waals surface area contributed by atoms with Crippen LogP contribution in [0.2, 0.25) is 0 Å². The van der Waals surface area contributed by atoms with E-state index in [0.29, 0.717) is 11.1 Å². The Kier molecular flexibility index (Phi) is 6.03. The van der Waals surface area contributed by atoms with Gasteiger partial charge in [-0.05, 0) is 18.8 Å². The highest BCUT2D eigenvalue weighted by atomic mass is 32.2. The lowest BCUT2D eigenvalue weighted by Gasteiger charge is -2.29. The van der Waals surface area contributed by atoms with Crippen LogP contribution in [0.1, 0.15) is 32.6 Å². The van der Waals surface area contributed by atoms with Gasteiger partial charge in [0.1, 0.15) is 11.6 Å². The van der Waals surface area contributed by atoms with Gasteiger partial charge >= 0.3 is 6.03 Å². The number of anilines is 2. The molecule has 1 aliphatic rings. The summed E-state index contributed by atoms with van der Waals surface area (Å²) >= 11 is 1.07. The summed E-state index contributed by atoms with van der Waals surface area (Å²) in [5.41, 5.74) is 11.1. The summed E-state index contributed by atoms with van der Waals surface area (Å²) in [4.78, 5) is 31.6. The molecule has 1 saturated carbocycles. The number of aromatic nitrogens is 2. The van der Waals surface area contributed by atoms with E-state index < -0.39 is 11.9 Å². The van der Waals surface area contributed by atoms with Gasteiger partial charge in [0.25, 0.3) is 0 Å². The molecule has 0 aliphatic heterocycles. The van der Waals surface area contributed by atoms with Crippen LogP contribution in [0, 0.1) is 5.92 Å². The molecular weight excluding hydrogens is 316 g/mol. The van der Waals surface area contributed by atoms with E-state index in [2.05, 4.69) is 27.5 Å². The molecule has 0 aromatic carbocycles. The number of thioether (sulfide) groups is 1. The third-order valence-corrected chi connectivity index (χ3v) is 4.61. The van der Waals surface area contributed by atoms with Crippen molar-refractivity contribution in [1.29, 1.82) is 0 Å². The molecule has 2 rings (SSSR count). The van der Waals surface area contributed by atoms with Crippen LogP contribution in [-0.4, -0.2) is 33.7 Å². The number of urea groups is 1. The molecule has 1 fully saturated rings. The van der Waals surface area contributed by atoms with Gasteiger partial charge in [0.15, 0.2) is 5.16 Å². The molecule has 0 bridgehead atoms. The number of nitrogens with one attached hydrogen (secondary N) is 2. The molecule has 1 aromatic heterocycles. The Morgan fingerprint density at radius 3 is 2.57 bits per heavy atom. The Morgan fingerprint density at radius 2 is 1.91 bits per heavy atom. The average molecular weight is 338 g/mol. The largest absolute Gasteiger partial charge is 0.383 e. The second-order valence-corrected chi connectivity index (χ2v) is 6.62. The van der Waals surface area contributed by atoms with E-state index in [1.165, 1.54) is 12.5 Å². The van der Waals surface area contributed by atoms with Crippen molar-refractivity contribution in [2.24, 2.45) is 5.92 Å². The maximum Gasteiger partial charge on any atom is 0.321 e. The van der Waals surface area contributed by atoms with E-state index in [4.69, 9.17) is 11.5 Å². The van der Waals surface area contributed by atoms with Crippen LogP contribution in [0.3, 0.4) is 0 Å². The van der Waals surface area contributed by atoms with Crippen LogP contribution in [0.25, 0.3) is 0 Å². The van der Waals surface area contributed by atoms with Crippen molar-refractivity contribution < 1.29 is 9.59 Å². The van der Waals surface area contributed by atoms with Crippen LogP contribution < -0.4 is 22.1 Å². The zero-order valence-corrected chi connectivity index (χ0v) is 13.9. The molecular formula is C14H22N6O2S. The minimum atomic E-state index is -0.456. The fourth-order valence-electron chi connectivity index (χ4n) is 2.55. The number of rotatable bonds is 4. The highest BCUT2D eigenvalue weighted by Gasteiger charge is 2.23. The van der Waals surface area contributed by atoms with Crippen molar-refractivity contribution in [3.8, 4) is 0 Å². The van der Waals surface area contributed by atoms with E-state index >= 15 is 0 Å². The predicted octanol–water partition coefficient (Wildman–Crippen LogP) is 1.14. The van der Waals surface area contributed by atoms with E-state index in [1.807, 2.05) is 0 Å². The lowest BCUT2D eigenvalue weighted by Crippen LogP contribution is -2.48. The molecule has 9 heteroatoms. The van der Waals surface area contributed by atoms with Gasteiger partial charge in [-0.25, -0.2) is 14.8 Å². The zero-order valence-electron chi connectivity index (χ0n) is 13.0. The number of hydrogen-bond donors (Lipinski definition) is 4. The Bertz CT molecular complexity index is 562. The molecule has 2 atom stereocenters. The van der Waals surface area contributed by atoms with Gasteiger partial charge in [-0.3, -0.25) is 10.1 Å². The number of carbonyl (C=O) groups is 2. The molecule has 0 saturated heterocycles. The Hall–Kier alpha value is -2.03. The maximum atomic E-state index is 11.9. The third kappa shape index (κ3) is 5.59. The SMILES string of the molecule is C[C@@H]1CCCC[C@H]1NC(=O)NC(=O)CSc1nc(N)cc(N)n1. The van der Waals surface area contributed by atoms with E-state index in [9.17, 15) is 9.59 Å². The molecule has 3 amide bonds. The first-order valence-electron chi connectivity index (χ1n) is 7.57. The second kappa shape index (κ2) is 8.00. The zero-order chi connectivity index (χ0) is 16.8. The number of nitrogens with two attached hydrogens (primary N) is 2. The summed E-state index contributed by atoms with van der Waals surface area (Å²) in [6.45, 7) is 2.11. The summed E-state index contributed by atoms with van der Waals surface area (Å²) in [6, 6.07) is 1.10. The first kappa shape index (κ1) is 17.3. The first-order valence-corrected chi connectivity index (χ1v) is 8.56. The summed E-state index contributed by atoms with van der Waals surface area (Å²) in [6.07, 6.45) is 4.35. The van der Waals surface area contributed by atoms with Crippen molar-refractivity contribution in [2.45, 2.75) is 43.8 Å². The second-order valence-electron chi connectivity index (χ2n) is 5.68. The quantitative estimate of drug-likeness (QED) is 0.477. The van der Waals surface area contributed by atoms with Crippen LogP contribution >= 0.6 is 11.8 Å². The van der Waals surface area contributed by atoms with Crippen LogP contribution in [0.15, 0.2) is 11.2 Å².